The number of aryl methyl sites for hydroxylation is 1. The largest absolute Gasteiger partial charge is 1.00 e. The van der Waals surface area contributed by atoms with Crippen LogP contribution in [0.25, 0.3) is 0 Å². The summed E-state index contributed by atoms with van der Waals surface area (Å²) in [6.07, 6.45) is 6.20. The number of imidazole rings is 1. The van der Waals surface area contributed by atoms with Crippen molar-refractivity contribution >= 4 is 5.69 Å². The zero-order valence-corrected chi connectivity index (χ0v) is 12.1. The van der Waals surface area contributed by atoms with Gasteiger partial charge in [-0.2, -0.15) is 0 Å². The first kappa shape index (κ1) is 15.5. The third kappa shape index (κ3) is 4.58. The maximum Gasteiger partial charge on any atom is 0.243 e. The van der Waals surface area contributed by atoms with E-state index < -0.39 is 0 Å². The average Bonchev–Trinajstić information content (AvgIpc) is 2.76. The third-order valence-corrected chi connectivity index (χ3v) is 3.08. The van der Waals surface area contributed by atoms with Gasteiger partial charge in [-0.05, 0) is 24.6 Å². The van der Waals surface area contributed by atoms with Gasteiger partial charge in [-0.15, -0.1) is 0 Å². The van der Waals surface area contributed by atoms with Crippen molar-refractivity contribution < 1.29 is 17.0 Å². The number of hydrogen-bond donors (Lipinski definition) is 2. The quantitative estimate of drug-likeness (QED) is 0.504. The highest BCUT2D eigenvalue weighted by atomic mass is 35.5. The second-order valence-corrected chi connectivity index (χ2v) is 4.66. The summed E-state index contributed by atoms with van der Waals surface area (Å²) < 4.78 is 4.21. The molecule has 1 atom stereocenters. The number of benzene rings is 1. The number of aromatic nitrogens is 2. The maximum absolute atomic E-state index is 5.68. The van der Waals surface area contributed by atoms with Crippen LogP contribution in [-0.4, -0.2) is 11.1 Å². The molecule has 4 nitrogen and oxygen atoms in total. The molecule has 1 aromatic heterocycles. The predicted molar refractivity (Wildman–Crippen MR) is 72.9 cm³/mol. The van der Waals surface area contributed by atoms with Crippen molar-refractivity contribution in [3.05, 3.63) is 48.5 Å². The first-order valence-corrected chi connectivity index (χ1v) is 6.25. The van der Waals surface area contributed by atoms with Crippen LogP contribution >= 0.6 is 0 Å². The van der Waals surface area contributed by atoms with E-state index in [4.69, 9.17) is 5.73 Å². The van der Waals surface area contributed by atoms with Gasteiger partial charge in [-0.1, -0.05) is 12.1 Å². The van der Waals surface area contributed by atoms with Crippen molar-refractivity contribution in [2.75, 3.05) is 12.3 Å². The SMILES string of the molecule is CC(NCCn1cc[n+](C)c1)c1ccc(N)cc1.[Cl-]. The molecule has 19 heavy (non-hydrogen) atoms. The van der Waals surface area contributed by atoms with E-state index in [1.807, 2.05) is 29.9 Å². The Kier molecular flexibility index (Phi) is 5.86. The molecule has 1 heterocycles. The second kappa shape index (κ2) is 7.16. The molecule has 1 aromatic carbocycles. The standard InChI is InChI=1S/C14H21N4.ClH/c1-12(13-3-5-14(15)6-4-13)16-7-8-18-10-9-17(2)11-18;/h3-6,9-12,16H,7-8,15H2,1-2H3;1H/q+1;/p-1. The molecule has 3 N–H and O–H groups in total. The van der Waals surface area contributed by atoms with Crippen molar-refractivity contribution in [1.29, 1.82) is 0 Å². The molecule has 0 aliphatic heterocycles. The Labute approximate surface area is 120 Å². The van der Waals surface area contributed by atoms with Crippen LogP contribution in [0.4, 0.5) is 5.69 Å². The molecule has 5 heteroatoms. The molecule has 2 aromatic rings. The van der Waals surface area contributed by atoms with Crippen LogP contribution in [0.2, 0.25) is 0 Å². The van der Waals surface area contributed by atoms with Crippen LogP contribution in [0.5, 0.6) is 0 Å². The van der Waals surface area contributed by atoms with Crippen molar-refractivity contribution in [1.82, 2.24) is 9.88 Å². The summed E-state index contributed by atoms with van der Waals surface area (Å²) in [6, 6.07) is 8.37. The fraction of sp³-hybridized carbons (Fsp3) is 0.357. The van der Waals surface area contributed by atoms with Gasteiger partial charge in [-0.3, -0.25) is 0 Å². The summed E-state index contributed by atoms with van der Waals surface area (Å²) in [4.78, 5) is 0. The van der Waals surface area contributed by atoms with Crippen LogP contribution in [0.3, 0.4) is 0 Å². The van der Waals surface area contributed by atoms with E-state index in [-0.39, 0.29) is 12.4 Å². The molecule has 0 radical (unpaired) electrons. The van der Waals surface area contributed by atoms with Crippen molar-refractivity contribution in [3.8, 4) is 0 Å². The first-order chi connectivity index (χ1) is 8.65. The summed E-state index contributed by atoms with van der Waals surface area (Å²) in [5, 5.41) is 3.51. The predicted octanol–water partition coefficient (Wildman–Crippen LogP) is -1.75. The Balaban J connectivity index is 0.00000180. The van der Waals surface area contributed by atoms with Crippen molar-refractivity contribution in [3.63, 3.8) is 0 Å². The fourth-order valence-electron chi connectivity index (χ4n) is 1.95. The lowest BCUT2D eigenvalue weighted by atomic mass is 10.1. The molecule has 1 unspecified atom stereocenters. The minimum Gasteiger partial charge on any atom is -1.00 e. The molecular weight excluding hydrogens is 260 g/mol. The van der Waals surface area contributed by atoms with Crippen LogP contribution in [-0.2, 0) is 13.6 Å². The third-order valence-electron chi connectivity index (χ3n) is 3.08. The van der Waals surface area contributed by atoms with Gasteiger partial charge in [0.05, 0.1) is 7.05 Å². The average molecular weight is 281 g/mol. The summed E-state index contributed by atoms with van der Waals surface area (Å²) in [7, 11) is 2.03. The highest BCUT2D eigenvalue weighted by Gasteiger charge is 2.05. The number of nitrogens with zero attached hydrogens (tertiary/aromatic N) is 2. The van der Waals surface area contributed by atoms with Crippen LogP contribution in [0.15, 0.2) is 43.0 Å². The van der Waals surface area contributed by atoms with Crippen LogP contribution in [0, 0.1) is 0 Å². The fourth-order valence-corrected chi connectivity index (χ4v) is 1.95. The van der Waals surface area contributed by atoms with Gasteiger partial charge in [0.25, 0.3) is 0 Å². The van der Waals surface area contributed by atoms with Gasteiger partial charge in [0.15, 0.2) is 0 Å². The molecule has 0 saturated heterocycles. The van der Waals surface area contributed by atoms with E-state index >= 15 is 0 Å². The van der Waals surface area contributed by atoms with E-state index in [1.54, 1.807) is 0 Å². The topological polar surface area (TPSA) is 46.9 Å². The lowest BCUT2D eigenvalue weighted by molar-refractivity contribution is -0.671. The van der Waals surface area contributed by atoms with Gasteiger partial charge in [0.2, 0.25) is 6.33 Å². The van der Waals surface area contributed by atoms with E-state index in [0.29, 0.717) is 6.04 Å². The molecule has 104 valence electrons. The molecule has 0 bridgehead atoms. The number of rotatable bonds is 5. The number of hydrogen-bond acceptors (Lipinski definition) is 2. The van der Waals surface area contributed by atoms with Gasteiger partial charge >= 0.3 is 0 Å². The van der Waals surface area contributed by atoms with Gasteiger partial charge in [-0.25, -0.2) is 9.13 Å². The lowest BCUT2D eigenvalue weighted by Crippen LogP contribution is -3.00. The molecule has 0 spiro atoms. The molecule has 0 fully saturated rings. The Bertz CT molecular complexity index is 492. The zero-order chi connectivity index (χ0) is 13.0. The lowest BCUT2D eigenvalue weighted by Gasteiger charge is -2.13. The molecule has 0 aliphatic rings. The Morgan fingerprint density at radius 1 is 1.32 bits per heavy atom. The minimum atomic E-state index is 0. The van der Waals surface area contributed by atoms with E-state index in [0.717, 1.165) is 18.8 Å². The van der Waals surface area contributed by atoms with Crippen LogP contribution < -0.4 is 28.0 Å². The molecule has 0 saturated carbocycles. The molecule has 0 aliphatic carbocycles. The number of halogens is 1. The smallest absolute Gasteiger partial charge is 0.243 e. The van der Waals surface area contributed by atoms with E-state index in [1.165, 1.54) is 5.56 Å². The Morgan fingerprint density at radius 2 is 2.00 bits per heavy atom. The van der Waals surface area contributed by atoms with Crippen molar-refractivity contribution in [2.45, 2.75) is 19.5 Å². The maximum atomic E-state index is 5.68. The zero-order valence-electron chi connectivity index (χ0n) is 11.4. The Hall–Kier alpha value is -1.52. The number of nitrogens with one attached hydrogen (secondary N) is 1. The highest BCUT2D eigenvalue weighted by molar-refractivity contribution is 5.39. The number of nitrogen functional groups attached to an aromatic ring is 1. The molecule has 0 amide bonds. The Morgan fingerprint density at radius 3 is 2.58 bits per heavy atom. The van der Waals surface area contributed by atoms with Crippen molar-refractivity contribution in [2.24, 2.45) is 7.05 Å². The van der Waals surface area contributed by atoms with Gasteiger partial charge in [0, 0.05) is 18.3 Å². The van der Waals surface area contributed by atoms with Gasteiger partial charge in [0.1, 0.15) is 18.9 Å². The minimum absolute atomic E-state index is 0. The first-order valence-electron chi connectivity index (χ1n) is 6.25. The summed E-state index contributed by atoms with van der Waals surface area (Å²) >= 11 is 0. The summed E-state index contributed by atoms with van der Waals surface area (Å²) in [5.74, 6) is 0. The van der Waals surface area contributed by atoms with E-state index in [9.17, 15) is 0 Å². The van der Waals surface area contributed by atoms with Gasteiger partial charge < -0.3 is 23.5 Å². The molecule has 2 rings (SSSR count). The number of nitrogens with two attached hydrogens (primary N) is 1. The molecular formula is C14H21ClN4. The van der Waals surface area contributed by atoms with E-state index in [2.05, 4.69) is 41.5 Å². The highest BCUT2D eigenvalue weighted by Crippen LogP contribution is 2.13. The normalized spacial score (nSPS) is 11.9. The summed E-state index contributed by atoms with van der Waals surface area (Å²) in [5.41, 5.74) is 7.76. The second-order valence-electron chi connectivity index (χ2n) is 4.66. The monoisotopic (exact) mass is 280 g/mol. The number of anilines is 1. The van der Waals surface area contributed by atoms with Crippen LogP contribution in [0.1, 0.15) is 18.5 Å². The summed E-state index contributed by atoms with van der Waals surface area (Å²) in [6.45, 7) is 4.08.